The Hall–Kier alpha value is -2.72. The second-order valence-electron chi connectivity index (χ2n) is 9.28. The van der Waals surface area contributed by atoms with Crippen LogP contribution in [0.4, 0.5) is 4.39 Å². The van der Waals surface area contributed by atoms with Gasteiger partial charge in [-0.1, -0.05) is 6.07 Å². The number of carbonyl (C=O) groups excluding carboxylic acids is 1. The number of sulfone groups is 1. The number of Topliss-reactive ketones (excluding diaryl/α,β-unsaturated/α-hetero) is 1. The number of aryl methyl sites for hydroxylation is 1. The molecule has 2 N–H and O–H groups in total. The third kappa shape index (κ3) is 4.17. The first-order valence-electron chi connectivity index (χ1n) is 10.8. The van der Waals surface area contributed by atoms with E-state index >= 15 is 0 Å². The van der Waals surface area contributed by atoms with E-state index in [2.05, 4.69) is 19.9 Å². The average molecular weight is 474 g/mol. The van der Waals surface area contributed by atoms with Gasteiger partial charge >= 0.3 is 0 Å². The highest BCUT2D eigenvalue weighted by Gasteiger charge is 2.55. The third-order valence-electron chi connectivity index (χ3n) is 6.74. The number of halogens is 1. The number of hydrogen-bond donors (Lipinski definition) is 1. The van der Waals surface area contributed by atoms with Gasteiger partial charge in [0, 0.05) is 18.2 Å². The summed E-state index contributed by atoms with van der Waals surface area (Å²) >= 11 is 0. The van der Waals surface area contributed by atoms with Gasteiger partial charge < -0.3 is 10.6 Å². The van der Waals surface area contributed by atoms with Gasteiger partial charge in [-0.15, -0.1) is 0 Å². The molecule has 33 heavy (non-hydrogen) atoms. The zero-order valence-corrected chi connectivity index (χ0v) is 19.8. The molecule has 1 saturated heterocycles. The molecule has 2 aliphatic rings. The van der Waals surface area contributed by atoms with Crippen LogP contribution in [0.2, 0.25) is 0 Å². The molecule has 1 fully saturated rings. The Morgan fingerprint density at radius 2 is 1.91 bits per heavy atom. The predicted octanol–water partition coefficient (Wildman–Crippen LogP) is 1.81. The van der Waals surface area contributed by atoms with Crippen LogP contribution in [-0.2, 0) is 21.8 Å². The minimum Gasteiger partial charge on any atom is -0.386 e. The molecule has 3 heterocycles. The molecule has 4 rings (SSSR count). The van der Waals surface area contributed by atoms with Crippen LogP contribution in [0, 0.1) is 12.7 Å². The lowest BCUT2D eigenvalue weighted by atomic mass is 9.89. The number of nitrogens with two attached hydrogens (primary N) is 1. The summed E-state index contributed by atoms with van der Waals surface area (Å²) in [5.41, 5.74) is 6.46. The van der Waals surface area contributed by atoms with Crippen LogP contribution in [0.5, 0.6) is 0 Å². The molecule has 1 aromatic carbocycles. The summed E-state index contributed by atoms with van der Waals surface area (Å²) < 4.78 is 40.7. The molecule has 10 heteroatoms. The van der Waals surface area contributed by atoms with Crippen molar-refractivity contribution in [1.82, 2.24) is 14.9 Å². The van der Waals surface area contributed by atoms with Crippen LogP contribution in [-0.4, -0.2) is 65.5 Å². The van der Waals surface area contributed by atoms with Crippen LogP contribution in [0.25, 0.3) is 0 Å². The lowest BCUT2D eigenvalue weighted by molar-refractivity contribution is 0.0987. The molecule has 2 aromatic rings. The first-order chi connectivity index (χ1) is 15.5. The van der Waals surface area contributed by atoms with Gasteiger partial charge in [-0.3, -0.25) is 14.8 Å². The number of likely N-dealkylation sites (tertiary alicyclic amines) is 1. The Kier molecular flexibility index (Phi) is 5.86. The quantitative estimate of drug-likeness (QED) is 0.673. The normalized spacial score (nSPS) is 24.4. The minimum atomic E-state index is -3.71. The molecule has 0 aliphatic carbocycles. The Balaban J connectivity index is 1.68. The van der Waals surface area contributed by atoms with E-state index in [1.54, 1.807) is 13.8 Å². The van der Waals surface area contributed by atoms with Crippen molar-refractivity contribution >= 4 is 21.5 Å². The van der Waals surface area contributed by atoms with E-state index in [0.29, 0.717) is 37.2 Å². The minimum absolute atomic E-state index is 0.0245. The van der Waals surface area contributed by atoms with Crippen LogP contribution in [0.3, 0.4) is 0 Å². The highest BCUT2D eigenvalue weighted by molar-refractivity contribution is 7.93. The van der Waals surface area contributed by atoms with Gasteiger partial charge in [-0.05, 0) is 64.5 Å². The molecule has 1 atom stereocenters. The maximum atomic E-state index is 14.9. The molecule has 0 bridgehead atoms. The van der Waals surface area contributed by atoms with Crippen molar-refractivity contribution in [2.24, 2.45) is 10.7 Å². The van der Waals surface area contributed by atoms with Gasteiger partial charge in [0.1, 0.15) is 27.6 Å². The highest BCUT2D eigenvalue weighted by atomic mass is 32.2. The number of benzene rings is 1. The van der Waals surface area contributed by atoms with Crippen molar-refractivity contribution < 1.29 is 17.6 Å². The van der Waals surface area contributed by atoms with E-state index in [1.165, 1.54) is 30.6 Å². The number of rotatable bonds is 4. The Labute approximate surface area is 193 Å². The SMILES string of the molecule is Cc1cnc(C(=O)Cc2ccc(F)c([C@]3(C)CS(=O)(=O)C4(CCN(C)CC4)C(N)=N3)c2)cn1. The summed E-state index contributed by atoms with van der Waals surface area (Å²) in [7, 11) is -1.77. The summed E-state index contributed by atoms with van der Waals surface area (Å²) in [6.07, 6.45) is 3.62. The van der Waals surface area contributed by atoms with Crippen molar-refractivity contribution in [3.8, 4) is 0 Å². The van der Waals surface area contributed by atoms with Gasteiger partial charge in [-0.2, -0.15) is 0 Å². The fraction of sp³-hybridized carbons (Fsp3) is 0.478. The van der Waals surface area contributed by atoms with Crippen molar-refractivity contribution in [3.63, 3.8) is 0 Å². The monoisotopic (exact) mass is 473 g/mol. The molecule has 0 saturated carbocycles. The van der Waals surface area contributed by atoms with E-state index in [-0.39, 0.29) is 35.0 Å². The maximum Gasteiger partial charge on any atom is 0.187 e. The van der Waals surface area contributed by atoms with Crippen LogP contribution >= 0.6 is 0 Å². The summed E-state index contributed by atoms with van der Waals surface area (Å²) in [5.74, 6) is -1.16. The molecule has 8 nitrogen and oxygen atoms in total. The smallest absolute Gasteiger partial charge is 0.187 e. The number of nitrogens with zero attached hydrogens (tertiary/aromatic N) is 4. The van der Waals surface area contributed by atoms with E-state index in [0.717, 1.165) is 0 Å². The van der Waals surface area contributed by atoms with Crippen molar-refractivity contribution in [3.05, 3.63) is 58.9 Å². The van der Waals surface area contributed by atoms with Crippen molar-refractivity contribution in [2.75, 3.05) is 25.9 Å². The summed E-state index contributed by atoms with van der Waals surface area (Å²) in [6.45, 7) is 4.54. The molecule has 0 amide bonds. The average Bonchev–Trinajstić information content (AvgIpc) is 2.74. The molecule has 0 unspecified atom stereocenters. The van der Waals surface area contributed by atoms with Crippen molar-refractivity contribution in [1.29, 1.82) is 0 Å². The van der Waals surface area contributed by atoms with Crippen molar-refractivity contribution in [2.45, 2.75) is 43.4 Å². The molecular formula is C23H28FN5O3S. The zero-order chi connectivity index (χ0) is 24.0. The van der Waals surface area contributed by atoms with Gasteiger partial charge in [-0.25, -0.2) is 17.8 Å². The number of hydrogen-bond acceptors (Lipinski definition) is 8. The fourth-order valence-electron chi connectivity index (χ4n) is 4.66. The van der Waals surface area contributed by atoms with Crippen LogP contribution in [0.1, 0.15) is 47.1 Å². The lowest BCUT2D eigenvalue weighted by Gasteiger charge is -2.45. The molecule has 176 valence electrons. The number of ketones is 1. The van der Waals surface area contributed by atoms with E-state index in [1.807, 2.05) is 7.05 Å². The first kappa shape index (κ1) is 23.4. The number of amidine groups is 1. The molecule has 0 radical (unpaired) electrons. The Morgan fingerprint density at radius 3 is 2.52 bits per heavy atom. The van der Waals surface area contributed by atoms with Gasteiger partial charge in [0.05, 0.1) is 17.6 Å². The Morgan fingerprint density at radius 1 is 1.21 bits per heavy atom. The summed E-state index contributed by atoms with van der Waals surface area (Å²) in [6, 6.07) is 4.25. The first-order valence-corrected chi connectivity index (χ1v) is 12.5. The summed E-state index contributed by atoms with van der Waals surface area (Å²) in [4.78, 5) is 27.4. The number of aromatic nitrogens is 2. The number of piperidine rings is 1. The maximum absolute atomic E-state index is 14.9. The lowest BCUT2D eigenvalue weighted by Crippen LogP contribution is -2.62. The van der Waals surface area contributed by atoms with Crippen LogP contribution in [0.15, 0.2) is 35.6 Å². The predicted molar refractivity (Wildman–Crippen MR) is 123 cm³/mol. The molecular weight excluding hydrogens is 445 g/mol. The van der Waals surface area contributed by atoms with Gasteiger partial charge in [0.15, 0.2) is 15.6 Å². The topological polar surface area (TPSA) is 119 Å². The third-order valence-corrected chi connectivity index (χ3v) is 9.49. The fourth-order valence-corrected chi connectivity index (χ4v) is 7.07. The molecule has 1 spiro atoms. The largest absolute Gasteiger partial charge is 0.386 e. The number of aliphatic imine (C=N–C) groups is 1. The van der Waals surface area contributed by atoms with E-state index in [4.69, 9.17) is 5.73 Å². The second kappa shape index (κ2) is 8.25. The van der Waals surface area contributed by atoms with Gasteiger partial charge in [0.2, 0.25) is 0 Å². The van der Waals surface area contributed by atoms with E-state index < -0.39 is 25.9 Å². The second-order valence-corrected chi connectivity index (χ2v) is 11.6. The zero-order valence-electron chi connectivity index (χ0n) is 19.0. The molecule has 2 aliphatic heterocycles. The molecule has 1 aromatic heterocycles. The Bertz CT molecular complexity index is 1220. The van der Waals surface area contributed by atoms with Crippen LogP contribution < -0.4 is 5.73 Å². The summed E-state index contributed by atoms with van der Waals surface area (Å²) in [5, 5.41) is 0. The van der Waals surface area contributed by atoms with E-state index in [9.17, 15) is 17.6 Å². The highest BCUT2D eigenvalue weighted by Crippen LogP contribution is 2.42. The number of carbonyl (C=O) groups is 1. The standard InChI is InChI=1S/C23H28FN5O3S/c1-15-12-27-19(13-26-15)20(30)11-16-4-5-18(24)17(10-16)22(2)14-33(31,32)23(21(25)28-22)6-8-29(3)9-7-23/h4-5,10,12-13H,6-9,11,14H2,1-3H3,(H2,25,28)/t22-/m0/s1. The van der Waals surface area contributed by atoms with Gasteiger partial charge in [0.25, 0.3) is 0 Å².